The molecule has 17 heavy (non-hydrogen) atoms. The summed E-state index contributed by atoms with van der Waals surface area (Å²) in [6.45, 7) is 6.01. The van der Waals surface area contributed by atoms with E-state index < -0.39 is 0 Å². The second kappa shape index (κ2) is 5.15. The third kappa shape index (κ3) is 2.35. The van der Waals surface area contributed by atoms with Crippen LogP contribution in [-0.2, 0) is 0 Å². The number of benzene rings is 1. The molecule has 2 rings (SSSR count). The van der Waals surface area contributed by atoms with Gasteiger partial charge in [0, 0.05) is 17.5 Å². The van der Waals surface area contributed by atoms with Gasteiger partial charge >= 0.3 is 0 Å². The van der Waals surface area contributed by atoms with E-state index >= 15 is 0 Å². The standard InChI is InChI=1S/C13H18ClNO2/c1-8(7-15)12-9(2)13-11(6-10(12)14)16-4-3-5-17-13/h6,8H,3-5,7,15H2,1-2H3. The van der Waals surface area contributed by atoms with Gasteiger partial charge in [-0.25, -0.2) is 0 Å². The van der Waals surface area contributed by atoms with E-state index in [4.69, 9.17) is 26.8 Å². The molecule has 1 aliphatic heterocycles. The van der Waals surface area contributed by atoms with Gasteiger partial charge in [-0.3, -0.25) is 0 Å². The molecule has 0 spiro atoms. The molecule has 1 atom stereocenters. The topological polar surface area (TPSA) is 44.5 Å². The number of halogens is 1. The number of ether oxygens (including phenoxy) is 2. The quantitative estimate of drug-likeness (QED) is 0.884. The third-order valence-corrected chi connectivity index (χ3v) is 3.44. The van der Waals surface area contributed by atoms with E-state index in [1.807, 2.05) is 13.0 Å². The fraction of sp³-hybridized carbons (Fsp3) is 0.538. The molecule has 1 aromatic rings. The van der Waals surface area contributed by atoms with Crippen LogP contribution in [0.1, 0.15) is 30.4 Å². The number of rotatable bonds is 2. The first-order chi connectivity index (χ1) is 8.15. The fourth-order valence-electron chi connectivity index (χ4n) is 2.17. The summed E-state index contributed by atoms with van der Waals surface area (Å²) in [6, 6.07) is 1.84. The predicted octanol–water partition coefficient (Wildman–Crippen LogP) is 2.87. The zero-order valence-electron chi connectivity index (χ0n) is 10.3. The summed E-state index contributed by atoms with van der Waals surface area (Å²) in [5, 5.41) is 0.713. The van der Waals surface area contributed by atoms with Crippen LogP contribution in [0.4, 0.5) is 0 Å². The third-order valence-electron chi connectivity index (χ3n) is 3.12. The number of hydrogen-bond acceptors (Lipinski definition) is 3. The molecule has 1 aliphatic rings. The van der Waals surface area contributed by atoms with E-state index in [-0.39, 0.29) is 5.92 Å². The lowest BCUT2D eigenvalue weighted by molar-refractivity contribution is 0.296. The molecule has 94 valence electrons. The minimum atomic E-state index is 0.222. The maximum Gasteiger partial charge on any atom is 0.164 e. The second-order valence-corrected chi connectivity index (χ2v) is 4.82. The molecule has 0 fully saturated rings. The second-order valence-electron chi connectivity index (χ2n) is 4.41. The summed E-state index contributed by atoms with van der Waals surface area (Å²) < 4.78 is 11.4. The highest BCUT2D eigenvalue weighted by Crippen LogP contribution is 2.41. The SMILES string of the molecule is Cc1c2c(cc(Cl)c1C(C)CN)OCCCO2. The molecule has 2 N–H and O–H groups in total. The molecule has 0 amide bonds. The monoisotopic (exact) mass is 255 g/mol. The Morgan fingerprint density at radius 2 is 2.12 bits per heavy atom. The number of fused-ring (bicyclic) bond motifs is 1. The van der Waals surface area contributed by atoms with E-state index in [1.165, 1.54) is 0 Å². The average molecular weight is 256 g/mol. The average Bonchev–Trinajstić information content (AvgIpc) is 2.54. The minimum Gasteiger partial charge on any atom is -0.489 e. The Balaban J connectivity index is 2.52. The molecule has 0 saturated carbocycles. The first-order valence-electron chi connectivity index (χ1n) is 5.93. The molecule has 4 heteroatoms. The van der Waals surface area contributed by atoms with Crippen LogP contribution in [-0.4, -0.2) is 19.8 Å². The maximum atomic E-state index is 6.30. The largest absolute Gasteiger partial charge is 0.489 e. The van der Waals surface area contributed by atoms with Gasteiger partial charge in [0.2, 0.25) is 0 Å². The molecule has 1 heterocycles. The lowest BCUT2D eigenvalue weighted by Crippen LogP contribution is -2.11. The Hall–Kier alpha value is -0.930. The van der Waals surface area contributed by atoms with Crippen molar-refractivity contribution < 1.29 is 9.47 Å². The lowest BCUT2D eigenvalue weighted by atomic mass is 9.95. The van der Waals surface area contributed by atoms with E-state index in [2.05, 4.69) is 6.92 Å². The summed E-state index contributed by atoms with van der Waals surface area (Å²) >= 11 is 6.30. The minimum absolute atomic E-state index is 0.222. The van der Waals surface area contributed by atoms with Crippen molar-refractivity contribution in [1.82, 2.24) is 0 Å². The molecular formula is C13H18ClNO2. The Kier molecular flexibility index (Phi) is 3.79. The Morgan fingerprint density at radius 3 is 2.82 bits per heavy atom. The highest BCUT2D eigenvalue weighted by molar-refractivity contribution is 6.31. The normalized spacial score (nSPS) is 16.5. The summed E-state index contributed by atoms with van der Waals surface area (Å²) in [5.74, 6) is 1.79. The fourth-order valence-corrected chi connectivity index (χ4v) is 2.60. The van der Waals surface area contributed by atoms with Crippen LogP contribution in [0, 0.1) is 6.92 Å². The molecule has 0 aliphatic carbocycles. The van der Waals surface area contributed by atoms with Gasteiger partial charge in [0.15, 0.2) is 11.5 Å². The van der Waals surface area contributed by atoms with E-state index in [0.29, 0.717) is 24.8 Å². The summed E-state index contributed by atoms with van der Waals surface area (Å²) in [7, 11) is 0. The molecule has 0 saturated heterocycles. The van der Waals surface area contributed by atoms with Crippen molar-refractivity contribution in [3.8, 4) is 11.5 Å². The van der Waals surface area contributed by atoms with Crippen LogP contribution in [0.25, 0.3) is 0 Å². The zero-order chi connectivity index (χ0) is 12.4. The Bertz CT molecular complexity index is 420. The van der Waals surface area contributed by atoms with Gasteiger partial charge < -0.3 is 15.2 Å². The highest BCUT2D eigenvalue weighted by Gasteiger charge is 2.21. The summed E-state index contributed by atoms with van der Waals surface area (Å²) in [6.07, 6.45) is 0.896. The van der Waals surface area contributed by atoms with Crippen LogP contribution in [0.5, 0.6) is 11.5 Å². The van der Waals surface area contributed by atoms with Crippen molar-refractivity contribution in [2.45, 2.75) is 26.2 Å². The van der Waals surface area contributed by atoms with Gasteiger partial charge in [-0.05, 0) is 30.5 Å². The molecule has 1 aromatic carbocycles. The first kappa shape index (κ1) is 12.5. The van der Waals surface area contributed by atoms with Crippen molar-refractivity contribution in [1.29, 1.82) is 0 Å². The van der Waals surface area contributed by atoms with E-state index in [9.17, 15) is 0 Å². The van der Waals surface area contributed by atoms with Crippen LogP contribution < -0.4 is 15.2 Å². The van der Waals surface area contributed by atoms with Crippen molar-refractivity contribution >= 4 is 11.6 Å². The molecular weight excluding hydrogens is 238 g/mol. The van der Waals surface area contributed by atoms with Crippen molar-refractivity contribution in [3.05, 3.63) is 22.2 Å². The van der Waals surface area contributed by atoms with Gasteiger partial charge in [-0.1, -0.05) is 18.5 Å². The van der Waals surface area contributed by atoms with Gasteiger partial charge in [0.1, 0.15) is 0 Å². The van der Waals surface area contributed by atoms with E-state index in [1.54, 1.807) is 0 Å². The molecule has 0 aromatic heterocycles. The van der Waals surface area contributed by atoms with Crippen LogP contribution in [0.15, 0.2) is 6.07 Å². The number of hydrogen-bond donors (Lipinski definition) is 1. The van der Waals surface area contributed by atoms with Crippen molar-refractivity contribution in [2.24, 2.45) is 5.73 Å². The van der Waals surface area contributed by atoms with Crippen LogP contribution in [0.2, 0.25) is 5.02 Å². The van der Waals surface area contributed by atoms with Crippen molar-refractivity contribution in [3.63, 3.8) is 0 Å². The van der Waals surface area contributed by atoms with Gasteiger partial charge in [0.05, 0.1) is 13.2 Å². The van der Waals surface area contributed by atoms with Gasteiger partial charge in [0.25, 0.3) is 0 Å². The highest BCUT2D eigenvalue weighted by atomic mass is 35.5. The number of nitrogens with two attached hydrogens (primary N) is 1. The zero-order valence-corrected chi connectivity index (χ0v) is 11.0. The molecule has 0 radical (unpaired) electrons. The smallest absolute Gasteiger partial charge is 0.164 e. The molecule has 3 nitrogen and oxygen atoms in total. The van der Waals surface area contributed by atoms with E-state index in [0.717, 1.165) is 29.0 Å². The molecule has 0 bridgehead atoms. The van der Waals surface area contributed by atoms with Crippen LogP contribution >= 0.6 is 11.6 Å². The molecule has 1 unspecified atom stereocenters. The lowest BCUT2D eigenvalue weighted by Gasteiger charge is -2.19. The first-order valence-corrected chi connectivity index (χ1v) is 6.31. The van der Waals surface area contributed by atoms with Gasteiger partial charge in [-0.15, -0.1) is 0 Å². The Labute approximate surface area is 107 Å². The maximum absolute atomic E-state index is 6.30. The van der Waals surface area contributed by atoms with Crippen LogP contribution in [0.3, 0.4) is 0 Å². The van der Waals surface area contributed by atoms with Crippen molar-refractivity contribution in [2.75, 3.05) is 19.8 Å². The Morgan fingerprint density at radius 1 is 1.41 bits per heavy atom. The summed E-state index contributed by atoms with van der Waals surface area (Å²) in [4.78, 5) is 0. The summed E-state index contributed by atoms with van der Waals surface area (Å²) in [5.41, 5.74) is 7.83. The predicted molar refractivity (Wildman–Crippen MR) is 69.3 cm³/mol. The van der Waals surface area contributed by atoms with Gasteiger partial charge in [-0.2, -0.15) is 0 Å².